The third kappa shape index (κ3) is 4.74. The van der Waals surface area contributed by atoms with Crippen LogP contribution in [0.2, 0.25) is 0 Å². The number of hydrogen-bond acceptors (Lipinski definition) is 3. The molecule has 1 aliphatic heterocycles. The monoisotopic (exact) mass is 295 g/mol. The lowest BCUT2D eigenvalue weighted by Crippen LogP contribution is -2.38. The van der Waals surface area contributed by atoms with Crippen molar-refractivity contribution in [3.8, 4) is 0 Å². The molecule has 112 valence electrons. The first kappa shape index (κ1) is 15.8. The highest BCUT2D eigenvalue weighted by atomic mass is 35.5. The van der Waals surface area contributed by atoms with Gasteiger partial charge in [-0.3, -0.25) is 0 Å². The van der Waals surface area contributed by atoms with Crippen LogP contribution in [-0.2, 0) is 0 Å². The van der Waals surface area contributed by atoms with Gasteiger partial charge in [-0.15, -0.1) is 0 Å². The van der Waals surface area contributed by atoms with Gasteiger partial charge in [-0.1, -0.05) is 36.8 Å². The first-order valence-corrected chi connectivity index (χ1v) is 7.99. The van der Waals surface area contributed by atoms with Gasteiger partial charge in [-0.25, -0.2) is 4.42 Å². The Labute approximate surface area is 128 Å². The summed E-state index contributed by atoms with van der Waals surface area (Å²) in [5, 5.41) is 3.17. The van der Waals surface area contributed by atoms with Gasteiger partial charge in [-0.2, -0.15) is 0 Å². The maximum atomic E-state index is 6.55. The highest BCUT2D eigenvalue weighted by molar-refractivity contribution is 6.13. The molecule has 0 saturated carbocycles. The fourth-order valence-electron chi connectivity index (χ4n) is 2.79. The fraction of sp³-hybridized carbons (Fsp3) is 0.625. The number of piperidine rings is 1. The quantitative estimate of drug-likeness (QED) is 0.781. The second-order valence-electron chi connectivity index (χ2n) is 5.51. The van der Waals surface area contributed by atoms with Gasteiger partial charge < -0.3 is 10.2 Å². The van der Waals surface area contributed by atoms with Crippen LogP contribution in [0.3, 0.4) is 0 Å². The van der Waals surface area contributed by atoms with Crippen LogP contribution < -0.4 is 5.32 Å². The zero-order chi connectivity index (χ0) is 14.2. The smallest absolute Gasteiger partial charge is 0.0628 e. The van der Waals surface area contributed by atoms with E-state index in [4.69, 9.17) is 11.8 Å². The molecule has 1 aromatic rings. The minimum absolute atomic E-state index is 0.268. The van der Waals surface area contributed by atoms with E-state index in [9.17, 15) is 0 Å². The first-order valence-electron chi connectivity index (χ1n) is 7.65. The summed E-state index contributed by atoms with van der Waals surface area (Å²) < 4.78 is 1.96. The maximum absolute atomic E-state index is 6.55. The summed E-state index contributed by atoms with van der Waals surface area (Å²) in [5.41, 5.74) is 1.31. The number of nitrogens with one attached hydrogen (secondary N) is 1. The van der Waals surface area contributed by atoms with Crippen molar-refractivity contribution in [2.45, 2.75) is 25.3 Å². The van der Waals surface area contributed by atoms with Crippen molar-refractivity contribution < 1.29 is 0 Å². The molecule has 0 amide bonds. The third-order valence-electron chi connectivity index (χ3n) is 3.98. The molecule has 1 aliphatic rings. The highest BCUT2D eigenvalue weighted by Gasteiger charge is 2.22. The second kappa shape index (κ2) is 8.63. The molecule has 4 heteroatoms. The normalized spacial score (nSPS) is 18.4. The molecule has 2 rings (SSSR count). The van der Waals surface area contributed by atoms with Crippen molar-refractivity contribution in [2.75, 3.05) is 39.8 Å². The molecule has 0 aliphatic carbocycles. The topological polar surface area (TPSA) is 18.5 Å². The summed E-state index contributed by atoms with van der Waals surface area (Å²) in [6.07, 6.45) is 4.01. The van der Waals surface area contributed by atoms with E-state index in [0.29, 0.717) is 0 Å². The molecular formula is C16H26ClN3. The summed E-state index contributed by atoms with van der Waals surface area (Å²) in [7, 11) is 1.97. The molecule has 1 N–H and O–H groups in total. The van der Waals surface area contributed by atoms with Crippen LogP contribution in [0.25, 0.3) is 0 Å². The minimum atomic E-state index is 0.268. The molecular weight excluding hydrogens is 270 g/mol. The van der Waals surface area contributed by atoms with Gasteiger partial charge >= 0.3 is 0 Å². The van der Waals surface area contributed by atoms with E-state index in [1.165, 1.54) is 37.9 Å². The molecule has 0 bridgehead atoms. The van der Waals surface area contributed by atoms with Crippen LogP contribution in [-0.4, -0.2) is 49.1 Å². The molecule has 0 aromatic heterocycles. The van der Waals surface area contributed by atoms with Crippen LogP contribution in [0.5, 0.6) is 0 Å². The van der Waals surface area contributed by atoms with Crippen LogP contribution >= 0.6 is 11.8 Å². The van der Waals surface area contributed by atoms with E-state index >= 15 is 0 Å². The number of likely N-dealkylation sites (tertiary alicyclic amines) is 1. The van der Waals surface area contributed by atoms with Crippen molar-refractivity contribution in [1.82, 2.24) is 14.6 Å². The number of nitrogens with zero attached hydrogens (tertiary/aromatic N) is 2. The van der Waals surface area contributed by atoms with Crippen molar-refractivity contribution >= 4 is 11.8 Å². The molecule has 0 radical (unpaired) electrons. The van der Waals surface area contributed by atoms with E-state index in [2.05, 4.69) is 40.5 Å². The largest absolute Gasteiger partial charge is 0.318 e. The van der Waals surface area contributed by atoms with Gasteiger partial charge in [0.2, 0.25) is 0 Å². The van der Waals surface area contributed by atoms with Gasteiger partial charge in [0.25, 0.3) is 0 Å². The Morgan fingerprint density at radius 2 is 1.90 bits per heavy atom. The molecule has 1 unspecified atom stereocenters. The summed E-state index contributed by atoms with van der Waals surface area (Å²) in [6, 6.07) is 10.9. The predicted octanol–water partition coefficient (Wildman–Crippen LogP) is 2.89. The Morgan fingerprint density at radius 1 is 1.20 bits per heavy atom. The number of rotatable bonds is 7. The second-order valence-corrected chi connectivity index (χ2v) is 5.95. The summed E-state index contributed by atoms with van der Waals surface area (Å²) >= 11 is 6.55. The van der Waals surface area contributed by atoms with Crippen LogP contribution in [0, 0.1) is 0 Å². The van der Waals surface area contributed by atoms with Gasteiger partial charge in [0.1, 0.15) is 0 Å². The lowest BCUT2D eigenvalue weighted by Gasteiger charge is -2.34. The van der Waals surface area contributed by atoms with Crippen molar-refractivity contribution in [2.24, 2.45) is 0 Å². The van der Waals surface area contributed by atoms with Gasteiger partial charge in [0.05, 0.1) is 6.04 Å². The number of likely N-dealkylation sites (N-methyl/N-ethyl adjacent to an activating group) is 1. The van der Waals surface area contributed by atoms with Crippen molar-refractivity contribution in [3.63, 3.8) is 0 Å². The summed E-state index contributed by atoms with van der Waals surface area (Å²) in [4.78, 5) is 2.55. The molecule has 1 aromatic carbocycles. The van der Waals surface area contributed by atoms with Crippen LogP contribution in [0.15, 0.2) is 30.3 Å². The number of hydrogen-bond donors (Lipinski definition) is 1. The van der Waals surface area contributed by atoms with E-state index in [-0.39, 0.29) is 6.04 Å². The van der Waals surface area contributed by atoms with E-state index in [1.807, 2.05) is 11.5 Å². The van der Waals surface area contributed by atoms with E-state index < -0.39 is 0 Å². The van der Waals surface area contributed by atoms with Crippen molar-refractivity contribution in [1.29, 1.82) is 0 Å². The zero-order valence-corrected chi connectivity index (χ0v) is 13.1. The Balaban J connectivity index is 2.02. The van der Waals surface area contributed by atoms with Gasteiger partial charge in [0.15, 0.2) is 0 Å². The summed E-state index contributed by atoms with van der Waals surface area (Å²) in [6.45, 7) is 5.20. The highest BCUT2D eigenvalue weighted by Crippen LogP contribution is 2.24. The SMILES string of the molecule is CNCCN(Cl)C(CN1CCCCC1)c1ccccc1. The van der Waals surface area contributed by atoms with E-state index in [0.717, 1.165) is 19.6 Å². The molecule has 1 heterocycles. The lowest BCUT2D eigenvalue weighted by atomic mass is 10.0. The standard InChI is InChI=1S/C16H26ClN3/c1-18-10-13-20(17)16(15-8-4-2-5-9-15)14-19-11-6-3-7-12-19/h2,4-5,8-9,16,18H,3,6-7,10-14H2,1H3. The number of halogens is 1. The molecule has 1 fully saturated rings. The molecule has 1 atom stereocenters. The van der Waals surface area contributed by atoms with Crippen molar-refractivity contribution in [3.05, 3.63) is 35.9 Å². The number of benzene rings is 1. The summed E-state index contributed by atoms with van der Waals surface area (Å²) in [5.74, 6) is 0. The van der Waals surface area contributed by atoms with Gasteiger partial charge in [0, 0.05) is 19.6 Å². The lowest BCUT2D eigenvalue weighted by molar-refractivity contribution is 0.176. The molecule has 20 heavy (non-hydrogen) atoms. The Kier molecular flexibility index (Phi) is 6.80. The average molecular weight is 296 g/mol. The Hall–Kier alpha value is -0.610. The first-order chi connectivity index (χ1) is 9.81. The minimum Gasteiger partial charge on any atom is -0.318 e. The van der Waals surface area contributed by atoms with Crippen LogP contribution in [0.4, 0.5) is 0 Å². The predicted molar refractivity (Wildman–Crippen MR) is 86.0 cm³/mol. The fourth-order valence-corrected chi connectivity index (χ4v) is 3.05. The van der Waals surface area contributed by atoms with Crippen LogP contribution in [0.1, 0.15) is 30.9 Å². The zero-order valence-electron chi connectivity index (χ0n) is 12.4. The third-order valence-corrected chi connectivity index (χ3v) is 4.38. The molecule has 1 saturated heterocycles. The van der Waals surface area contributed by atoms with Gasteiger partial charge in [-0.05, 0) is 50.3 Å². The molecule has 3 nitrogen and oxygen atoms in total. The average Bonchev–Trinajstić information content (AvgIpc) is 2.52. The Morgan fingerprint density at radius 3 is 2.55 bits per heavy atom. The maximum Gasteiger partial charge on any atom is 0.0628 e. The molecule has 0 spiro atoms. The Bertz CT molecular complexity index is 365. The van der Waals surface area contributed by atoms with E-state index in [1.54, 1.807) is 0 Å².